The number of H-pyrrole nitrogens is 1. The van der Waals surface area contributed by atoms with Crippen LogP contribution in [-0.4, -0.2) is 27.4 Å². The lowest BCUT2D eigenvalue weighted by Gasteiger charge is -2.22. The van der Waals surface area contributed by atoms with Crippen LogP contribution in [0.3, 0.4) is 0 Å². The van der Waals surface area contributed by atoms with Gasteiger partial charge in [0.05, 0.1) is 22.3 Å². The number of nitrogens with zero attached hydrogens (tertiary/aromatic N) is 3. The van der Waals surface area contributed by atoms with Gasteiger partial charge in [0, 0.05) is 57.7 Å². The summed E-state index contributed by atoms with van der Waals surface area (Å²) in [6.45, 7) is 3.85. The van der Waals surface area contributed by atoms with E-state index >= 15 is 0 Å². The van der Waals surface area contributed by atoms with Gasteiger partial charge in [0.1, 0.15) is 5.84 Å². The fraction of sp³-hybridized carbons (Fsp3) is 0.133. The molecule has 0 bridgehead atoms. The lowest BCUT2D eigenvalue weighted by atomic mass is 9.91. The van der Waals surface area contributed by atoms with Crippen molar-refractivity contribution in [1.29, 1.82) is 0 Å². The molecule has 1 aromatic heterocycles. The summed E-state index contributed by atoms with van der Waals surface area (Å²) < 4.78 is 4.30. The zero-order valence-corrected chi connectivity index (χ0v) is 23.5. The standard InChI is InChI=1S/C30H23Cl2N5O2S/c1-17-33-26(36-40-17)14-15-27(38)37-25(18-6-10-20(31)11-7-18)16-24(35-37)29-28(19-8-12-21(32)13-9-19)22-4-2-3-5-23(22)34-30(29)39/h2-13,25H,1,14-16H2,(H,33,36)(H,34,39)/t25-/m0/s1. The maximum absolute atomic E-state index is 13.7. The summed E-state index contributed by atoms with van der Waals surface area (Å²) in [5.74, 6) is 0.526. The van der Waals surface area contributed by atoms with Gasteiger partial charge in [-0.3, -0.25) is 9.59 Å². The second-order valence-electron chi connectivity index (χ2n) is 9.49. The molecule has 0 spiro atoms. The number of benzene rings is 3. The van der Waals surface area contributed by atoms with E-state index in [4.69, 9.17) is 28.3 Å². The van der Waals surface area contributed by atoms with Crippen molar-refractivity contribution in [3.8, 4) is 11.1 Å². The van der Waals surface area contributed by atoms with Crippen LogP contribution in [0.4, 0.5) is 0 Å². The van der Waals surface area contributed by atoms with E-state index in [0.717, 1.165) is 27.1 Å². The molecule has 0 unspecified atom stereocenters. The third-order valence-electron chi connectivity index (χ3n) is 6.89. The number of para-hydroxylation sites is 1. The van der Waals surface area contributed by atoms with Gasteiger partial charge in [-0.1, -0.05) is 72.2 Å². The Balaban J connectivity index is 1.45. The van der Waals surface area contributed by atoms with E-state index in [1.807, 2.05) is 48.5 Å². The second-order valence-corrected chi connectivity index (χ2v) is 11.2. The Kier molecular flexibility index (Phi) is 7.23. The van der Waals surface area contributed by atoms with E-state index in [9.17, 15) is 9.59 Å². The number of nitrogens with one attached hydrogen (secondary N) is 2. The predicted molar refractivity (Wildman–Crippen MR) is 164 cm³/mol. The average Bonchev–Trinajstić information content (AvgIpc) is 3.58. The van der Waals surface area contributed by atoms with Crippen molar-refractivity contribution in [2.24, 2.45) is 9.50 Å². The number of halogens is 2. The fourth-order valence-corrected chi connectivity index (χ4v) is 5.81. The number of hydrogen-bond donors (Lipinski definition) is 2. The Labute approximate surface area is 244 Å². The molecule has 4 aromatic rings. The number of carbonyl (C=O) groups is 1. The van der Waals surface area contributed by atoms with Gasteiger partial charge in [-0.2, -0.15) is 9.50 Å². The summed E-state index contributed by atoms with van der Waals surface area (Å²) in [4.78, 5) is 30.3. The normalized spacial score (nSPS) is 16.7. The molecule has 0 saturated carbocycles. The Morgan fingerprint density at radius 2 is 1.70 bits per heavy atom. The van der Waals surface area contributed by atoms with Crippen molar-refractivity contribution in [2.75, 3.05) is 0 Å². The number of hydrogen-bond acceptors (Lipinski definition) is 6. The Morgan fingerprint density at radius 3 is 2.40 bits per heavy atom. The first-order chi connectivity index (χ1) is 19.4. The lowest BCUT2D eigenvalue weighted by molar-refractivity contribution is -0.132. The smallest absolute Gasteiger partial charge is 0.258 e. The lowest BCUT2D eigenvalue weighted by Crippen LogP contribution is -2.28. The first-order valence-electron chi connectivity index (χ1n) is 12.6. The highest BCUT2D eigenvalue weighted by atomic mass is 35.5. The van der Waals surface area contributed by atoms with Crippen LogP contribution in [0.25, 0.3) is 22.0 Å². The van der Waals surface area contributed by atoms with Crippen molar-refractivity contribution < 1.29 is 4.79 Å². The summed E-state index contributed by atoms with van der Waals surface area (Å²) in [6, 6.07) is 22.0. The number of amides is 1. The highest BCUT2D eigenvalue weighted by Gasteiger charge is 2.35. The summed E-state index contributed by atoms with van der Waals surface area (Å²) in [5, 5.41) is 12.2. The van der Waals surface area contributed by atoms with E-state index in [2.05, 4.69) is 21.3 Å². The fourth-order valence-electron chi connectivity index (χ4n) is 5.04. The molecule has 10 heteroatoms. The number of carbonyl (C=O) groups excluding carboxylic acids is 1. The van der Waals surface area contributed by atoms with Crippen LogP contribution >= 0.6 is 35.1 Å². The number of aromatic amines is 1. The number of pyridine rings is 1. The minimum Gasteiger partial charge on any atom is -0.337 e. The monoisotopic (exact) mass is 587 g/mol. The van der Waals surface area contributed by atoms with Crippen LogP contribution in [0, 0.1) is 0 Å². The summed E-state index contributed by atoms with van der Waals surface area (Å²) in [5.41, 5.74) is 3.87. The van der Waals surface area contributed by atoms with Crippen molar-refractivity contribution >= 4 is 63.5 Å². The zero-order chi connectivity index (χ0) is 27.8. The molecule has 7 nitrogen and oxygen atoms in total. The van der Waals surface area contributed by atoms with Crippen molar-refractivity contribution in [2.45, 2.75) is 25.3 Å². The SMILES string of the molecule is C=C1NC(CCC(=O)N2N=C(c3c(-c4ccc(Cl)cc4)c4ccccc4[nH]c3=O)C[C@H]2c2ccc(Cl)cc2)=NS1. The Bertz CT molecular complexity index is 1760. The molecule has 2 aliphatic rings. The van der Waals surface area contributed by atoms with Gasteiger partial charge in [0.15, 0.2) is 0 Å². The number of hydrazone groups is 1. The summed E-state index contributed by atoms with van der Waals surface area (Å²) >= 11 is 13.6. The van der Waals surface area contributed by atoms with Crippen molar-refractivity contribution in [3.05, 3.63) is 116 Å². The van der Waals surface area contributed by atoms with Crippen LogP contribution in [0.1, 0.15) is 36.4 Å². The topological polar surface area (TPSA) is 89.9 Å². The zero-order valence-electron chi connectivity index (χ0n) is 21.2. The highest BCUT2D eigenvalue weighted by molar-refractivity contribution is 8.02. The van der Waals surface area contributed by atoms with Crippen molar-refractivity contribution in [3.63, 3.8) is 0 Å². The first-order valence-corrected chi connectivity index (χ1v) is 14.2. The maximum atomic E-state index is 13.7. The molecule has 3 heterocycles. The van der Waals surface area contributed by atoms with E-state index in [1.54, 1.807) is 24.3 Å². The average molecular weight is 589 g/mol. The Hall–Kier alpha value is -3.85. The number of amidine groups is 1. The predicted octanol–water partition coefficient (Wildman–Crippen LogP) is 7.08. The van der Waals surface area contributed by atoms with E-state index in [0.29, 0.717) is 45.5 Å². The van der Waals surface area contributed by atoms with Gasteiger partial charge in [-0.25, -0.2) is 5.01 Å². The summed E-state index contributed by atoms with van der Waals surface area (Å²) in [7, 11) is 0. The molecular weight excluding hydrogens is 565 g/mol. The van der Waals surface area contributed by atoms with Crippen LogP contribution < -0.4 is 10.9 Å². The molecule has 1 atom stereocenters. The maximum Gasteiger partial charge on any atom is 0.258 e. The first kappa shape index (κ1) is 26.4. The van der Waals surface area contributed by atoms with Crippen LogP contribution in [0.15, 0.2) is 98.7 Å². The number of aromatic nitrogens is 1. The third kappa shape index (κ3) is 5.18. The van der Waals surface area contributed by atoms with Gasteiger partial charge in [-0.05, 0) is 41.5 Å². The van der Waals surface area contributed by atoms with E-state index < -0.39 is 6.04 Å². The summed E-state index contributed by atoms with van der Waals surface area (Å²) in [6.07, 6.45) is 0.978. The van der Waals surface area contributed by atoms with Gasteiger partial charge in [0.25, 0.3) is 5.56 Å². The molecule has 200 valence electrons. The van der Waals surface area contributed by atoms with E-state index in [1.165, 1.54) is 17.0 Å². The second kappa shape index (κ2) is 11.0. The van der Waals surface area contributed by atoms with Gasteiger partial charge < -0.3 is 10.3 Å². The molecule has 6 rings (SSSR count). The number of rotatable bonds is 6. The minimum absolute atomic E-state index is 0.174. The van der Waals surface area contributed by atoms with Gasteiger partial charge in [0.2, 0.25) is 5.91 Å². The molecular formula is C30H23Cl2N5O2S. The van der Waals surface area contributed by atoms with E-state index in [-0.39, 0.29) is 17.9 Å². The van der Waals surface area contributed by atoms with Crippen LogP contribution in [0.5, 0.6) is 0 Å². The van der Waals surface area contributed by atoms with Crippen LogP contribution in [0.2, 0.25) is 10.0 Å². The molecule has 0 fully saturated rings. The van der Waals surface area contributed by atoms with Crippen LogP contribution in [-0.2, 0) is 4.79 Å². The largest absolute Gasteiger partial charge is 0.337 e. The van der Waals surface area contributed by atoms with Gasteiger partial charge in [-0.15, -0.1) is 0 Å². The molecule has 2 aliphatic heterocycles. The third-order valence-corrected chi connectivity index (χ3v) is 8.03. The number of fused-ring (bicyclic) bond motifs is 1. The van der Waals surface area contributed by atoms with Gasteiger partial charge >= 0.3 is 0 Å². The molecule has 40 heavy (non-hydrogen) atoms. The Morgan fingerprint density at radius 1 is 1.00 bits per heavy atom. The molecule has 0 saturated heterocycles. The minimum atomic E-state index is -0.397. The molecule has 1 amide bonds. The quantitative estimate of drug-likeness (QED) is 0.236. The molecule has 3 aromatic carbocycles. The molecule has 0 radical (unpaired) electrons. The molecule has 2 N–H and O–H groups in total. The molecule has 0 aliphatic carbocycles. The highest BCUT2D eigenvalue weighted by Crippen LogP contribution is 2.38. The van der Waals surface area contributed by atoms with Crippen molar-refractivity contribution in [1.82, 2.24) is 15.3 Å².